The van der Waals surface area contributed by atoms with Crippen LogP contribution in [0.5, 0.6) is 17.2 Å². The number of carbonyl (C=O) groups excluding carboxylic acids is 1. The summed E-state index contributed by atoms with van der Waals surface area (Å²) in [6.07, 6.45) is 2.24. The van der Waals surface area contributed by atoms with E-state index in [0.29, 0.717) is 41.0 Å². The summed E-state index contributed by atoms with van der Waals surface area (Å²) in [4.78, 5) is 12.4. The molecule has 0 saturated heterocycles. The molecule has 1 amide bonds. The quantitative estimate of drug-likeness (QED) is 0.378. The smallest absolute Gasteiger partial charge is 0.266 e. The summed E-state index contributed by atoms with van der Waals surface area (Å²) in [5, 5.41) is 21.6. The van der Waals surface area contributed by atoms with Gasteiger partial charge >= 0.3 is 0 Å². The molecule has 2 aromatic carbocycles. The molecule has 0 aromatic heterocycles. The minimum Gasteiger partial charge on any atom is -0.508 e. The van der Waals surface area contributed by atoms with Crippen LogP contribution in [0.3, 0.4) is 0 Å². The Labute approximate surface area is 169 Å². The van der Waals surface area contributed by atoms with Gasteiger partial charge in [-0.15, -0.1) is 0 Å². The fourth-order valence-corrected chi connectivity index (χ4v) is 2.61. The number of anilines is 1. The third-order valence-electron chi connectivity index (χ3n) is 3.58. The van der Waals surface area contributed by atoms with Crippen molar-refractivity contribution < 1.29 is 19.4 Å². The molecule has 146 valence electrons. The number of ether oxygens (including phenoxy) is 2. The molecule has 0 radical (unpaired) electrons. The first kappa shape index (κ1) is 21.1. The van der Waals surface area contributed by atoms with Gasteiger partial charge in [-0.25, -0.2) is 0 Å². The second-order valence-electron chi connectivity index (χ2n) is 5.78. The molecular weight excluding hydrogens is 380 g/mol. The number of nitriles is 1. The molecule has 0 bridgehead atoms. The van der Waals surface area contributed by atoms with E-state index in [-0.39, 0.29) is 11.3 Å². The lowest BCUT2D eigenvalue weighted by molar-refractivity contribution is -0.112. The number of amides is 1. The van der Waals surface area contributed by atoms with E-state index >= 15 is 0 Å². The molecule has 0 saturated carbocycles. The van der Waals surface area contributed by atoms with Crippen molar-refractivity contribution in [2.24, 2.45) is 0 Å². The second-order valence-corrected chi connectivity index (χ2v) is 6.19. The predicted molar refractivity (Wildman–Crippen MR) is 109 cm³/mol. The van der Waals surface area contributed by atoms with Gasteiger partial charge in [-0.1, -0.05) is 18.5 Å². The average molecular weight is 401 g/mol. The van der Waals surface area contributed by atoms with Crippen LogP contribution in [0.15, 0.2) is 42.0 Å². The highest BCUT2D eigenvalue weighted by Gasteiger charge is 2.14. The molecule has 0 spiro atoms. The van der Waals surface area contributed by atoms with Crippen LogP contribution in [0.25, 0.3) is 6.08 Å². The molecule has 2 rings (SSSR count). The monoisotopic (exact) mass is 400 g/mol. The van der Waals surface area contributed by atoms with Crippen LogP contribution in [0, 0.1) is 11.3 Å². The Morgan fingerprint density at radius 2 is 1.96 bits per heavy atom. The summed E-state index contributed by atoms with van der Waals surface area (Å²) < 4.78 is 11.2. The van der Waals surface area contributed by atoms with Gasteiger partial charge in [-0.3, -0.25) is 4.79 Å². The Bertz CT molecular complexity index is 902. The lowest BCUT2D eigenvalue weighted by Crippen LogP contribution is -2.13. The minimum absolute atomic E-state index is 0.0810. The maximum absolute atomic E-state index is 12.4. The van der Waals surface area contributed by atoms with Gasteiger partial charge in [0.25, 0.3) is 5.91 Å². The van der Waals surface area contributed by atoms with Crippen molar-refractivity contribution in [2.75, 3.05) is 18.5 Å². The third-order valence-corrected chi connectivity index (χ3v) is 3.86. The van der Waals surface area contributed by atoms with Crippen molar-refractivity contribution in [3.05, 3.63) is 52.6 Å². The Morgan fingerprint density at radius 3 is 2.57 bits per heavy atom. The Kier molecular flexibility index (Phi) is 7.73. The number of phenols is 1. The number of aromatic hydroxyl groups is 1. The number of nitrogens with zero attached hydrogens (tertiary/aromatic N) is 1. The fraction of sp³-hybridized carbons (Fsp3) is 0.238. The van der Waals surface area contributed by atoms with E-state index in [1.807, 2.05) is 19.9 Å². The molecule has 0 heterocycles. The largest absolute Gasteiger partial charge is 0.508 e. The topological polar surface area (TPSA) is 91.6 Å². The maximum atomic E-state index is 12.4. The summed E-state index contributed by atoms with van der Waals surface area (Å²) in [5.41, 5.74) is 0.892. The number of carbonyl (C=O) groups is 1. The highest BCUT2D eigenvalue weighted by Crippen LogP contribution is 2.37. The van der Waals surface area contributed by atoms with Gasteiger partial charge in [0.2, 0.25) is 0 Å². The van der Waals surface area contributed by atoms with E-state index in [4.69, 9.17) is 21.1 Å². The highest BCUT2D eigenvalue weighted by atomic mass is 35.5. The van der Waals surface area contributed by atoms with Crippen LogP contribution in [0.1, 0.15) is 25.8 Å². The van der Waals surface area contributed by atoms with E-state index in [9.17, 15) is 15.2 Å². The van der Waals surface area contributed by atoms with E-state index in [0.717, 1.165) is 6.42 Å². The Hall–Kier alpha value is -3.17. The van der Waals surface area contributed by atoms with Crippen molar-refractivity contribution >= 4 is 29.3 Å². The fourth-order valence-electron chi connectivity index (χ4n) is 2.34. The van der Waals surface area contributed by atoms with E-state index < -0.39 is 5.91 Å². The van der Waals surface area contributed by atoms with Gasteiger partial charge in [0.1, 0.15) is 17.4 Å². The first-order chi connectivity index (χ1) is 13.5. The molecular formula is C21H21ClN2O4. The van der Waals surface area contributed by atoms with Crippen LogP contribution >= 0.6 is 11.6 Å². The molecule has 0 aliphatic carbocycles. The van der Waals surface area contributed by atoms with Gasteiger partial charge in [-0.05, 0) is 61.4 Å². The maximum Gasteiger partial charge on any atom is 0.266 e. The van der Waals surface area contributed by atoms with Crippen molar-refractivity contribution in [2.45, 2.75) is 20.3 Å². The summed E-state index contributed by atoms with van der Waals surface area (Å²) in [7, 11) is 0. The Morgan fingerprint density at radius 1 is 1.25 bits per heavy atom. The van der Waals surface area contributed by atoms with Gasteiger partial charge in [0.15, 0.2) is 11.5 Å². The van der Waals surface area contributed by atoms with Crippen LogP contribution in [0.4, 0.5) is 5.69 Å². The summed E-state index contributed by atoms with van der Waals surface area (Å²) >= 11 is 6.32. The lowest BCUT2D eigenvalue weighted by atomic mass is 10.1. The zero-order chi connectivity index (χ0) is 20.5. The van der Waals surface area contributed by atoms with Gasteiger partial charge < -0.3 is 19.9 Å². The standard InChI is InChI=1S/C21H21ClN2O4/c1-3-9-28-20-18(22)11-14(12-19(20)27-4-2)10-15(13-23)21(26)24-16-5-7-17(25)8-6-16/h5-8,10-12,25H,3-4,9H2,1-2H3,(H,24,26). The van der Waals surface area contributed by atoms with Gasteiger partial charge in [0.05, 0.1) is 18.2 Å². The zero-order valence-corrected chi connectivity index (χ0v) is 16.4. The predicted octanol–water partition coefficient (Wildman–Crippen LogP) is 4.78. The van der Waals surface area contributed by atoms with E-state index in [2.05, 4.69) is 5.32 Å². The van der Waals surface area contributed by atoms with Crippen LogP contribution < -0.4 is 14.8 Å². The van der Waals surface area contributed by atoms with Crippen molar-refractivity contribution in [3.8, 4) is 23.3 Å². The summed E-state index contributed by atoms with van der Waals surface area (Å²) in [6, 6.07) is 11.1. The number of nitrogens with one attached hydrogen (secondary N) is 1. The third kappa shape index (κ3) is 5.66. The van der Waals surface area contributed by atoms with Crippen molar-refractivity contribution in [1.29, 1.82) is 5.26 Å². The van der Waals surface area contributed by atoms with Gasteiger partial charge in [0, 0.05) is 5.69 Å². The summed E-state index contributed by atoms with van der Waals surface area (Å²) in [5.74, 6) is 0.395. The van der Waals surface area contributed by atoms with Crippen molar-refractivity contribution in [3.63, 3.8) is 0 Å². The SMILES string of the molecule is CCCOc1c(Cl)cc(C=C(C#N)C(=O)Nc2ccc(O)cc2)cc1OCC. The molecule has 28 heavy (non-hydrogen) atoms. The van der Waals surface area contributed by atoms with Crippen LogP contribution in [-0.2, 0) is 4.79 Å². The Balaban J connectivity index is 2.30. The average Bonchev–Trinajstić information content (AvgIpc) is 2.67. The number of hydrogen-bond acceptors (Lipinski definition) is 5. The second kappa shape index (κ2) is 10.2. The molecule has 0 aliphatic rings. The van der Waals surface area contributed by atoms with Crippen molar-refractivity contribution in [1.82, 2.24) is 0 Å². The molecule has 6 nitrogen and oxygen atoms in total. The molecule has 0 unspecified atom stereocenters. The minimum atomic E-state index is -0.575. The first-order valence-corrected chi connectivity index (χ1v) is 9.17. The number of phenolic OH excluding ortho intramolecular Hbond substituents is 1. The first-order valence-electron chi connectivity index (χ1n) is 8.79. The van der Waals surface area contributed by atoms with Crippen LogP contribution in [-0.4, -0.2) is 24.2 Å². The number of halogens is 1. The molecule has 7 heteroatoms. The normalized spacial score (nSPS) is 10.9. The molecule has 2 N–H and O–H groups in total. The summed E-state index contributed by atoms with van der Waals surface area (Å²) in [6.45, 7) is 4.73. The molecule has 0 fully saturated rings. The van der Waals surface area contributed by atoms with E-state index in [1.165, 1.54) is 30.3 Å². The van der Waals surface area contributed by atoms with Gasteiger partial charge in [-0.2, -0.15) is 5.26 Å². The molecule has 0 atom stereocenters. The zero-order valence-electron chi connectivity index (χ0n) is 15.7. The van der Waals surface area contributed by atoms with E-state index in [1.54, 1.807) is 12.1 Å². The highest BCUT2D eigenvalue weighted by molar-refractivity contribution is 6.32. The lowest BCUT2D eigenvalue weighted by Gasteiger charge is -2.14. The number of rotatable bonds is 8. The molecule has 0 aliphatic heterocycles. The number of benzene rings is 2. The molecule has 2 aromatic rings. The van der Waals surface area contributed by atoms with Crippen LogP contribution in [0.2, 0.25) is 5.02 Å². The number of hydrogen-bond donors (Lipinski definition) is 2.